The number of nitrogens with zero attached hydrogens (tertiary/aromatic N) is 3. The van der Waals surface area contributed by atoms with Gasteiger partial charge >= 0.3 is 6.18 Å². The van der Waals surface area contributed by atoms with Gasteiger partial charge in [0, 0.05) is 47.3 Å². The Morgan fingerprint density at radius 1 is 1.10 bits per heavy atom. The number of aliphatic hydroxyl groups is 1. The van der Waals surface area contributed by atoms with Crippen molar-refractivity contribution in [1.82, 2.24) is 14.7 Å². The quantitative estimate of drug-likeness (QED) is 0.147. The van der Waals surface area contributed by atoms with E-state index in [1.54, 1.807) is 24.3 Å². The summed E-state index contributed by atoms with van der Waals surface area (Å²) in [5.41, 5.74) is 1.36. The number of alkyl halides is 3. The molecule has 0 aliphatic carbocycles. The molecule has 0 saturated carbocycles. The number of hydrogen-bond donors (Lipinski definition) is 2. The van der Waals surface area contributed by atoms with Crippen LogP contribution in [0.25, 0.3) is 0 Å². The minimum Gasteiger partial charge on any atom is -0.497 e. The first-order valence-corrected chi connectivity index (χ1v) is 17.1. The zero-order chi connectivity index (χ0) is 34.5. The molecule has 4 aromatic rings. The Bertz CT molecular complexity index is 1780. The highest BCUT2D eigenvalue weighted by Gasteiger charge is 2.40. The van der Waals surface area contributed by atoms with Crippen molar-refractivity contribution in [3.63, 3.8) is 0 Å². The van der Waals surface area contributed by atoms with E-state index in [1.807, 2.05) is 0 Å². The number of nitrogens with one attached hydrogen (secondary N) is 1. The summed E-state index contributed by atoms with van der Waals surface area (Å²) < 4.78 is 105. The highest BCUT2D eigenvalue weighted by molar-refractivity contribution is 7.93. The highest BCUT2D eigenvalue weighted by atomic mass is 32.2. The van der Waals surface area contributed by atoms with Crippen LogP contribution < -0.4 is 23.8 Å². The van der Waals surface area contributed by atoms with Gasteiger partial charge < -0.3 is 24.6 Å². The van der Waals surface area contributed by atoms with Gasteiger partial charge in [-0.2, -0.15) is 17.5 Å². The molecule has 0 fully saturated rings. The molecule has 1 aliphatic rings. The van der Waals surface area contributed by atoms with E-state index in [1.165, 1.54) is 44.8 Å². The maximum Gasteiger partial charge on any atom is 0.391 e. The van der Waals surface area contributed by atoms with Gasteiger partial charge in [0.2, 0.25) is 5.13 Å². The fourth-order valence-electron chi connectivity index (χ4n) is 5.48. The maximum absolute atomic E-state index is 14.1. The molecule has 16 heteroatoms. The number of benzene rings is 3. The van der Waals surface area contributed by atoms with Crippen LogP contribution in [0.1, 0.15) is 48.1 Å². The zero-order valence-electron chi connectivity index (χ0n) is 26.0. The third-order valence-electron chi connectivity index (χ3n) is 8.09. The number of halogens is 4. The molecule has 3 aromatic carbocycles. The Kier molecular flexibility index (Phi) is 11.1. The average molecular weight is 711 g/mol. The summed E-state index contributed by atoms with van der Waals surface area (Å²) >= 11 is 0.906. The lowest BCUT2D eigenvalue weighted by molar-refractivity contribution is -0.183. The van der Waals surface area contributed by atoms with Gasteiger partial charge in [0.15, 0.2) is 0 Å². The fourth-order valence-corrected chi connectivity index (χ4v) is 7.62. The van der Waals surface area contributed by atoms with E-state index < -0.39 is 46.5 Å². The third-order valence-corrected chi connectivity index (χ3v) is 10.6. The molecule has 0 bridgehead atoms. The van der Waals surface area contributed by atoms with Gasteiger partial charge in [-0.1, -0.05) is 18.2 Å². The number of anilines is 1. The second-order valence-electron chi connectivity index (χ2n) is 11.1. The second-order valence-corrected chi connectivity index (χ2v) is 13.7. The maximum atomic E-state index is 14.1. The van der Waals surface area contributed by atoms with E-state index in [9.17, 15) is 31.1 Å². The van der Waals surface area contributed by atoms with Gasteiger partial charge in [-0.05, 0) is 55.3 Å². The van der Waals surface area contributed by atoms with Crippen molar-refractivity contribution in [1.29, 1.82) is 0 Å². The first kappa shape index (κ1) is 35.3. The Morgan fingerprint density at radius 2 is 1.88 bits per heavy atom. The van der Waals surface area contributed by atoms with Gasteiger partial charge in [0.05, 0.1) is 44.3 Å². The van der Waals surface area contributed by atoms with Gasteiger partial charge in [-0.15, -0.1) is 0 Å². The molecule has 0 radical (unpaired) electrons. The van der Waals surface area contributed by atoms with Crippen molar-refractivity contribution >= 4 is 26.7 Å². The molecule has 5 rings (SSSR count). The highest BCUT2D eigenvalue weighted by Crippen LogP contribution is 2.39. The van der Waals surface area contributed by atoms with Gasteiger partial charge in [0.1, 0.15) is 29.4 Å². The van der Waals surface area contributed by atoms with Crippen molar-refractivity contribution < 1.29 is 45.3 Å². The number of hydrogen-bond acceptors (Lipinski definition) is 10. The summed E-state index contributed by atoms with van der Waals surface area (Å²) in [5.74, 6) is -1.12. The van der Waals surface area contributed by atoms with Crippen LogP contribution in [0.4, 0.5) is 22.7 Å². The SMILES string of the molecule is COc1ccc(CN(c2ncns2)S(=O)(=O)c2ccc3c(c2)OCCC3NCC[C@H](CC(O)c2ccc(F)cc2)C(F)(F)F)c(OC)c1. The standard InChI is InChI=1S/C32H34F4N4O6S2/c1-44-24-8-5-21(29(16-24)45-2)18-40(31-38-19-39-47-31)48(42,43)25-9-10-26-27(12-14-46-30(26)17-25)37-13-11-22(32(34,35)36)15-28(41)20-3-6-23(33)7-4-20/h3-10,16-17,19,22,27-28,37,41H,11-15,18H2,1-2H3/t22-,27?,28?/m1/s1. The first-order chi connectivity index (χ1) is 22.9. The molecule has 1 aromatic heterocycles. The summed E-state index contributed by atoms with van der Waals surface area (Å²) in [7, 11) is -1.24. The van der Waals surface area contributed by atoms with Crippen LogP contribution in [0, 0.1) is 11.7 Å². The Morgan fingerprint density at radius 3 is 2.54 bits per heavy atom. The predicted molar refractivity (Wildman–Crippen MR) is 170 cm³/mol. The zero-order valence-corrected chi connectivity index (χ0v) is 27.6. The Balaban J connectivity index is 1.31. The number of fused-ring (bicyclic) bond motifs is 1. The van der Waals surface area contributed by atoms with Crippen molar-refractivity contribution in [2.45, 2.75) is 49.0 Å². The lowest BCUT2D eigenvalue weighted by Crippen LogP contribution is -2.33. The molecule has 48 heavy (non-hydrogen) atoms. The minimum atomic E-state index is -4.56. The van der Waals surface area contributed by atoms with E-state index in [0.717, 1.165) is 28.0 Å². The summed E-state index contributed by atoms with van der Waals surface area (Å²) in [6, 6.07) is 13.8. The van der Waals surface area contributed by atoms with Crippen molar-refractivity contribution in [2.24, 2.45) is 5.92 Å². The molecule has 0 amide bonds. The summed E-state index contributed by atoms with van der Waals surface area (Å²) in [6.07, 6.45) is -5.15. The Hall–Kier alpha value is -3.99. The molecule has 1 aliphatic heterocycles. The van der Waals surface area contributed by atoms with E-state index in [-0.39, 0.29) is 47.5 Å². The lowest BCUT2D eigenvalue weighted by Gasteiger charge is -2.29. The van der Waals surface area contributed by atoms with Crippen LogP contribution >= 0.6 is 11.5 Å². The molecular formula is C32H34F4N4O6S2. The minimum absolute atomic E-state index is 0.0288. The first-order valence-electron chi connectivity index (χ1n) is 14.9. The van der Waals surface area contributed by atoms with E-state index in [0.29, 0.717) is 29.0 Å². The largest absolute Gasteiger partial charge is 0.497 e. The normalized spacial score (nSPS) is 16.0. The molecular weight excluding hydrogens is 677 g/mol. The number of methoxy groups -OCH3 is 2. The van der Waals surface area contributed by atoms with Crippen LogP contribution in [-0.2, 0) is 16.6 Å². The average Bonchev–Trinajstić information content (AvgIpc) is 3.61. The van der Waals surface area contributed by atoms with Crippen molar-refractivity contribution in [2.75, 3.05) is 31.7 Å². The summed E-state index contributed by atoms with van der Waals surface area (Å²) in [6.45, 7) is 0.0609. The lowest BCUT2D eigenvalue weighted by atomic mass is 9.93. The van der Waals surface area contributed by atoms with Crippen LogP contribution in [0.2, 0.25) is 0 Å². The molecule has 2 unspecified atom stereocenters. The van der Waals surface area contributed by atoms with Crippen LogP contribution in [0.5, 0.6) is 17.2 Å². The molecule has 10 nitrogen and oxygen atoms in total. The molecule has 2 N–H and O–H groups in total. The smallest absolute Gasteiger partial charge is 0.391 e. The third kappa shape index (κ3) is 8.17. The molecule has 0 saturated heterocycles. The van der Waals surface area contributed by atoms with E-state index >= 15 is 0 Å². The van der Waals surface area contributed by atoms with Gasteiger partial charge in [-0.3, -0.25) is 0 Å². The van der Waals surface area contributed by atoms with Crippen LogP contribution in [0.15, 0.2) is 71.9 Å². The number of rotatable bonds is 14. The predicted octanol–water partition coefficient (Wildman–Crippen LogP) is 6.20. The van der Waals surface area contributed by atoms with Crippen LogP contribution in [0.3, 0.4) is 0 Å². The van der Waals surface area contributed by atoms with Gasteiger partial charge in [0.25, 0.3) is 10.0 Å². The van der Waals surface area contributed by atoms with Crippen LogP contribution in [-0.4, -0.2) is 56.4 Å². The molecule has 258 valence electrons. The van der Waals surface area contributed by atoms with E-state index in [4.69, 9.17) is 14.2 Å². The molecule has 3 atom stereocenters. The fraction of sp³-hybridized carbons (Fsp3) is 0.375. The monoisotopic (exact) mass is 710 g/mol. The van der Waals surface area contributed by atoms with E-state index in [2.05, 4.69) is 14.7 Å². The topological polar surface area (TPSA) is 123 Å². The molecule has 2 heterocycles. The second kappa shape index (κ2) is 15.1. The number of ether oxygens (including phenoxy) is 3. The number of sulfonamides is 1. The van der Waals surface area contributed by atoms with Crippen molar-refractivity contribution in [3.05, 3.63) is 89.5 Å². The van der Waals surface area contributed by atoms with Crippen molar-refractivity contribution in [3.8, 4) is 17.2 Å². The number of aromatic nitrogens is 2. The molecule has 0 spiro atoms. The number of aliphatic hydroxyl groups excluding tert-OH is 1. The summed E-state index contributed by atoms with van der Waals surface area (Å²) in [4.78, 5) is 4.06. The van der Waals surface area contributed by atoms with Gasteiger partial charge in [-0.25, -0.2) is 22.1 Å². The summed E-state index contributed by atoms with van der Waals surface area (Å²) in [5, 5.41) is 13.7. The Labute approximate surface area is 279 Å².